The van der Waals surface area contributed by atoms with E-state index in [1.165, 1.54) is 7.11 Å². The highest BCUT2D eigenvalue weighted by atomic mass is 16.7. The van der Waals surface area contributed by atoms with Crippen molar-refractivity contribution >= 4 is 12.1 Å². The van der Waals surface area contributed by atoms with Gasteiger partial charge in [-0.3, -0.25) is 0 Å². The van der Waals surface area contributed by atoms with E-state index in [4.69, 9.17) is 14.6 Å². The van der Waals surface area contributed by atoms with Crippen LogP contribution in [-0.4, -0.2) is 49.3 Å². The van der Waals surface area contributed by atoms with Gasteiger partial charge in [0.15, 0.2) is 5.79 Å². The minimum atomic E-state index is -1.10. The second-order valence-corrected chi connectivity index (χ2v) is 4.78. The Morgan fingerprint density at radius 2 is 2.00 bits per heavy atom. The molecule has 1 atom stereocenters. The minimum absolute atomic E-state index is 0.230. The van der Waals surface area contributed by atoms with Gasteiger partial charge in [-0.15, -0.1) is 0 Å². The molecule has 0 spiro atoms. The van der Waals surface area contributed by atoms with E-state index >= 15 is 0 Å². The molecule has 1 fully saturated rings. The highest BCUT2D eigenvalue weighted by Crippen LogP contribution is 2.31. The lowest BCUT2D eigenvalue weighted by atomic mass is 10.00. The number of ether oxygens (including phenoxy) is 3. The zero-order valence-electron chi connectivity index (χ0n) is 12.0. The number of alkyl carbamates (subject to hydrolysis) is 1. The topological polar surface area (TPSA) is 94.1 Å². The van der Waals surface area contributed by atoms with Gasteiger partial charge in [-0.2, -0.15) is 0 Å². The quantitative estimate of drug-likeness (QED) is 0.703. The van der Waals surface area contributed by atoms with Crippen LogP contribution in [0.15, 0.2) is 0 Å². The van der Waals surface area contributed by atoms with E-state index in [0.717, 1.165) is 19.3 Å². The lowest BCUT2D eigenvalue weighted by Crippen LogP contribution is -2.42. The summed E-state index contributed by atoms with van der Waals surface area (Å²) in [5.74, 6) is -1.80. The van der Waals surface area contributed by atoms with Crippen LogP contribution in [0.3, 0.4) is 0 Å². The molecule has 2 N–H and O–H groups in total. The predicted octanol–water partition coefficient (Wildman–Crippen LogP) is 1.51. The van der Waals surface area contributed by atoms with Crippen LogP contribution < -0.4 is 5.32 Å². The second-order valence-electron chi connectivity index (χ2n) is 4.78. The molecule has 116 valence electrons. The lowest BCUT2D eigenvalue weighted by Gasteiger charge is -2.28. The summed E-state index contributed by atoms with van der Waals surface area (Å²) in [6, 6.07) is -1.01. The Bertz CT molecular complexity index is 327. The Hall–Kier alpha value is -1.34. The van der Waals surface area contributed by atoms with Crippen LogP contribution in [0.5, 0.6) is 0 Å². The summed E-state index contributed by atoms with van der Waals surface area (Å²) in [5, 5.41) is 11.4. The van der Waals surface area contributed by atoms with Crippen LogP contribution in [0.25, 0.3) is 0 Å². The molecular formula is C13H23NO6. The molecule has 0 aromatic heterocycles. The molecule has 0 aromatic rings. The van der Waals surface area contributed by atoms with E-state index in [1.54, 1.807) is 0 Å². The molecule has 0 unspecified atom stereocenters. The van der Waals surface area contributed by atoms with Crippen molar-refractivity contribution in [3.63, 3.8) is 0 Å². The molecule has 1 aliphatic rings. The van der Waals surface area contributed by atoms with E-state index in [1.807, 2.05) is 0 Å². The number of amides is 1. The van der Waals surface area contributed by atoms with Crippen molar-refractivity contribution < 1.29 is 28.9 Å². The molecule has 1 amide bonds. The second kappa shape index (κ2) is 8.06. The summed E-state index contributed by atoms with van der Waals surface area (Å²) in [6.07, 6.45) is 2.59. The molecule has 1 aliphatic heterocycles. The van der Waals surface area contributed by atoms with Crippen molar-refractivity contribution in [1.82, 2.24) is 5.32 Å². The number of hydrogen-bond acceptors (Lipinski definition) is 5. The average Bonchev–Trinajstić information content (AvgIpc) is 2.89. The van der Waals surface area contributed by atoms with Crippen molar-refractivity contribution in [2.45, 2.75) is 50.9 Å². The first-order chi connectivity index (χ1) is 9.53. The number of carboxylic acid groups (broad SMARTS) is 1. The number of rotatable bonds is 8. The van der Waals surface area contributed by atoms with Crippen LogP contribution in [0.1, 0.15) is 39.0 Å². The van der Waals surface area contributed by atoms with Gasteiger partial charge in [0, 0.05) is 12.8 Å². The molecule has 0 bridgehead atoms. The number of methoxy groups -OCH3 is 1. The maximum Gasteiger partial charge on any atom is 0.407 e. The third-order valence-corrected chi connectivity index (χ3v) is 3.31. The van der Waals surface area contributed by atoms with E-state index in [0.29, 0.717) is 19.6 Å². The summed E-state index contributed by atoms with van der Waals surface area (Å²) in [5.41, 5.74) is 0. The number of carboxylic acids is 1. The molecule has 0 aromatic carbocycles. The van der Waals surface area contributed by atoms with Gasteiger partial charge in [-0.25, -0.2) is 9.59 Å². The average molecular weight is 289 g/mol. The molecule has 7 nitrogen and oxygen atoms in total. The van der Waals surface area contributed by atoms with Crippen molar-refractivity contribution in [3.8, 4) is 0 Å². The number of aliphatic carboxylic acids is 1. The fraction of sp³-hybridized carbons (Fsp3) is 0.846. The van der Waals surface area contributed by atoms with Gasteiger partial charge >= 0.3 is 12.1 Å². The molecule has 0 aliphatic carbocycles. The fourth-order valence-corrected chi connectivity index (χ4v) is 2.18. The molecule has 20 heavy (non-hydrogen) atoms. The van der Waals surface area contributed by atoms with Crippen molar-refractivity contribution in [2.24, 2.45) is 0 Å². The largest absolute Gasteiger partial charge is 0.480 e. The lowest BCUT2D eigenvalue weighted by molar-refractivity contribution is -0.170. The molecule has 1 saturated heterocycles. The molecule has 1 rings (SSSR count). The smallest absolute Gasteiger partial charge is 0.407 e. The molecule has 1 heterocycles. The van der Waals surface area contributed by atoms with E-state index in [9.17, 15) is 9.59 Å². The van der Waals surface area contributed by atoms with Gasteiger partial charge in [0.05, 0.1) is 20.3 Å². The molecular weight excluding hydrogens is 266 g/mol. The zero-order valence-corrected chi connectivity index (χ0v) is 12.0. The number of hydrogen-bond donors (Lipinski definition) is 2. The van der Waals surface area contributed by atoms with Gasteiger partial charge in [0.25, 0.3) is 0 Å². The molecule has 0 radical (unpaired) electrons. The summed E-state index contributed by atoms with van der Waals surface area (Å²) < 4.78 is 15.7. The Balaban J connectivity index is 2.54. The minimum Gasteiger partial charge on any atom is -0.480 e. The highest BCUT2D eigenvalue weighted by Gasteiger charge is 2.37. The van der Waals surface area contributed by atoms with Gasteiger partial charge < -0.3 is 24.6 Å². The number of carbonyl (C=O) groups excluding carboxylic acids is 1. The number of nitrogens with one attached hydrogen (secondary N) is 1. The Morgan fingerprint density at radius 3 is 2.50 bits per heavy atom. The first-order valence-electron chi connectivity index (χ1n) is 6.88. The monoisotopic (exact) mass is 289 g/mol. The normalized spacial score (nSPS) is 18.5. The fourth-order valence-electron chi connectivity index (χ4n) is 2.18. The molecule has 7 heteroatoms. The van der Waals surface area contributed by atoms with Crippen LogP contribution in [0.4, 0.5) is 4.79 Å². The van der Waals surface area contributed by atoms with E-state index < -0.39 is 23.9 Å². The van der Waals surface area contributed by atoms with Gasteiger partial charge in [-0.1, -0.05) is 13.3 Å². The first-order valence-corrected chi connectivity index (χ1v) is 6.88. The Labute approximate surface area is 118 Å². The highest BCUT2D eigenvalue weighted by molar-refractivity contribution is 5.79. The van der Waals surface area contributed by atoms with Crippen LogP contribution >= 0.6 is 0 Å². The standard InChI is InChI=1S/C13H23NO6/c1-3-4-6-13(19-8-9-20-13)7-5-10(11(15)16)14-12(17)18-2/h10H,3-9H2,1-2H3,(H,14,17)(H,15,16)/t10-/m1/s1. The molecule has 0 saturated carbocycles. The van der Waals surface area contributed by atoms with Crippen molar-refractivity contribution in [3.05, 3.63) is 0 Å². The van der Waals surface area contributed by atoms with E-state index in [-0.39, 0.29) is 6.42 Å². The van der Waals surface area contributed by atoms with E-state index in [2.05, 4.69) is 17.0 Å². The van der Waals surface area contributed by atoms with Crippen LogP contribution in [0.2, 0.25) is 0 Å². The Kier molecular flexibility index (Phi) is 6.74. The summed E-state index contributed by atoms with van der Waals surface area (Å²) in [7, 11) is 1.19. The number of carbonyl (C=O) groups is 2. The van der Waals surface area contributed by atoms with Crippen LogP contribution in [0, 0.1) is 0 Å². The van der Waals surface area contributed by atoms with Crippen molar-refractivity contribution in [1.29, 1.82) is 0 Å². The maximum absolute atomic E-state index is 11.1. The predicted molar refractivity (Wildman–Crippen MR) is 70.4 cm³/mol. The van der Waals surface area contributed by atoms with Gasteiger partial charge in [0.2, 0.25) is 0 Å². The maximum atomic E-state index is 11.1. The van der Waals surface area contributed by atoms with Crippen molar-refractivity contribution in [2.75, 3.05) is 20.3 Å². The zero-order chi connectivity index (χ0) is 15.0. The van der Waals surface area contributed by atoms with Gasteiger partial charge in [-0.05, 0) is 12.8 Å². The number of unbranched alkanes of at least 4 members (excludes halogenated alkanes) is 1. The first kappa shape index (κ1) is 16.7. The van der Waals surface area contributed by atoms with Crippen LogP contribution in [-0.2, 0) is 19.0 Å². The third-order valence-electron chi connectivity index (χ3n) is 3.31. The Morgan fingerprint density at radius 1 is 1.35 bits per heavy atom. The SMILES string of the molecule is CCCCC1(CC[C@@H](NC(=O)OC)C(=O)O)OCCO1. The van der Waals surface area contributed by atoms with Gasteiger partial charge in [0.1, 0.15) is 6.04 Å². The third kappa shape index (κ3) is 4.97. The summed E-state index contributed by atoms with van der Waals surface area (Å²) in [6.45, 7) is 3.11. The summed E-state index contributed by atoms with van der Waals surface area (Å²) in [4.78, 5) is 22.2. The summed E-state index contributed by atoms with van der Waals surface area (Å²) >= 11 is 0.